The predicted molar refractivity (Wildman–Crippen MR) is 74.2 cm³/mol. The first kappa shape index (κ1) is 14.0. The fourth-order valence-electron chi connectivity index (χ4n) is 2.05. The van der Waals surface area contributed by atoms with Gasteiger partial charge in [0.05, 0.1) is 11.6 Å². The minimum Gasteiger partial charge on any atom is -0.367 e. The number of nitrogens with zero attached hydrogens (tertiary/aromatic N) is 2. The van der Waals surface area contributed by atoms with Crippen molar-refractivity contribution in [3.63, 3.8) is 0 Å². The lowest BCUT2D eigenvalue weighted by atomic mass is 10.1. The van der Waals surface area contributed by atoms with E-state index >= 15 is 0 Å². The highest BCUT2D eigenvalue weighted by molar-refractivity contribution is 5.48. The molecule has 20 heavy (non-hydrogen) atoms. The maximum absolute atomic E-state index is 13.3. The van der Waals surface area contributed by atoms with Gasteiger partial charge in [-0.2, -0.15) is 5.26 Å². The molecule has 2 rings (SSSR count). The minimum atomic E-state index is -0.367. The third-order valence-electron chi connectivity index (χ3n) is 3.12. The predicted octanol–water partition coefficient (Wildman–Crippen LogP) is 3.86. The van der Waals surface area contributed by atoms with Crippen LogP contribution in [0.1, 0.15) is 18.1 Å². The number of nitriles is 1. The van der Waals surface area contributed by atoms with Gasteiger partial charge in [-0.1, -0.05) is 0 Å². The molecule has 4 heteroatoms. The van der Waals surface area contributed by atoms with E-state index in [2.05, 4.69) is 6.07 Å². The smallest absolute Gasteiger partial charge is 0.123 e. The lowest BCUT2D eigenvalue weighted by Crippen LogP contribution is -2.22. The van der Waals surface area contributed by atoms with Crippen molar-refractivity contribution in [1.82, 2.24) is 0 Å². The Balaban J connectivity index is 2.29. The molecule has 0 fully saturated rings. The van der Waals surface area contributed by atoms with E-state index in [4.69, 9.17) is 5.26 Å². The quantitative estimate of drug-likeness (QED) is 0.845. The molecular weight excluding hydrogens is 258 g/mol. The standard InChI is InChI=1S/C16H14F2N2/c1-2-20(16-7-5-14(17)6-8-16)11-13-9-15(18)4-3-12(13)10-19/h3-9H,2,11H2,1H3. The second kappa shape index (κ2) is 6.16. The highest BCUT2D eigenvalue weighted by Gasteiger charge is 2.10. The van der Waals surface area contributed by atoms with Crippen molar-refractivity contribution >= 4 is 5.69 Å². The largest absolute Gasteiger partial charge is 0.367 e. The first-order chi connectivity index (χ1) is 9.63. The number of hydrogen-bond acceptors (Lipinski definition) is 2. The second-order valence-electron chi connectivity index (χ2n) is 4.40. The Morgan fingerprint density at radius 3 is 2.30 bits per heavy atom. The zero-order valence-corrected chi connectivity index (χ0v) is 11.1. The van der Waals surface area contributed by atoms with E-state index in [1.54, 1.807) is 12.1 Å². The van der Waals surface area contributed by atoms with E-state index in [-0.39, 0.29) is 11.6 Å². The van der Waals surface area contributed by atoms with Crippen LogP contribution >= 0.6 is 0 Å². The van der Waals surface area contributed by atoms with Crippen molar-refractivity contribution in [2.45, 2.75) is 13.5 Å². The fraction of sp³-hybridized carbons (Fsp3) is 0.188. The molecule has 0 saturated heterocycles. The summed E-state index contributed by atoms with van der Waals surface area (Å²) in [4.78, 5) is 1.95. The third-order valence-corrected chi connectivity index (χ3v) is 3.12. The van der Waals surface area contributed by atoms with Crippen LogP contribution < -0.4 is 4.90 Å². The van der Waals surface area contributed by atoms with Gasteiger partial charge in [0, 0.05) is 18.8 Å². The summed E-state index contributed by atoms with van der Waals surface area (Å²) in [7, 11) is 0. The molecule has 0 spiro atoms. The van der Waals surface area contributed by atoms with Gasteiger partial charge in [0.15, 0.2) is 0 Å². The topological polar surface area (TPSA) is 27.0 Å². The van der Waals surface area contributed by atoms with Crippen molar-refractivity contribution in [1.29, 1.82) is 5.26 Å². The van der Waals surface area contributed by atoms with Crippen LogP contribution in [0, 0.1) is 23.0 Å². The van der Waals surface area contributed by atoms with Gasteiger partial charge < -0.3 is 4.90 Å². The van der Waals surface area contributed by atoms with Crippen molar-refractivity contribution in [2.75, 3.05) is 11.4 Å². The SMILES string of the molecule is CCN(Cc1cc(F)ccc1C#N)c1ccc(F)cc1. The number of anilines is 1. The average Bonchev–Trinajstić information content (AvgIpc) is 2.46. The highest BCUT2D eigenvalue weighted by Crippen LogP contribution is 2.20. The monoisotopic (exact) mass is 272 g/mol. The van der Waals surface area contributed by atoms with E-state index in [0.29, 0.717) is 24.2 Å². The maximum atomic E-state index is 13.3. The first-order valence-electron chi connectivity index (χ1n) is 6.33. The lowest BCUT2D eigenvalue weighted by molar-refractivity contribution is 0.624. The van der Waals surface area contributed by atoms with Crippen LogP contribution in [0.15, 0.2) is 42.5 Å². The zero-order chi connectivity index (χ0) is 14.5. The summed E-state index contributed by atoms with van der Waals surface area (Å²) in [6.07, 6.45) is 0. The van der Waals surface area contributed by atoms with Crippen molar-refractivity contribution < 1.29 is 8.78 Å². The molecule has 0 amide bonds. The lowest BCUT2D eigenvalue weighted by Gasteiger charge is -2.23. The molecule has 2 nitrogen and oxygen atoms in total. The van der Waals surface area contributed by atoms with Crippen LogP contribution in [0.2, 0.25) is 0 Å². The fourth-order valence-corrected chi connectivity index (χ4v) is 2.05. The molecule has 0 bridgehead atoms. The van der Waals surface area contributed by atoms with Crippen LogP contribution in [-0.4, -0.2) is 6.54 Å². The Kier molecular flexibility index (Phi) is 4.31. The Hall–Kier alpha value is -2.41. The molecule has 0 radical (unpaired) electrons. The second-order valence-corrected chi connectivity index (χ2v) is 4.40. The average molecular weight is 272 g/mol. The normalized spacial score (nSPS) is 10.1. The van der Waals surface area contributed by atoms with Crippen LogP contribution in [0.3, 0.4) is 0 Å². The van der Waals surface area contributed by atoms with Gasteiger partial charge in [-0.05, 0) is 55.0 Å². The van der Waals surface area contributed by atoms with Crippen LogP contribution in [0.4, 0.5) is 14.5 Å². The summed E-state index contributed by atoms with van der Waals surface area (Å²) < 4.78 is 26.3. The van der Waals surface area contributed by atoms with E-state index in [9.17, 15) is 8.78 Å². The Morgan fingerprint density at radius 2 is 1.70 bits per heavy atom. The highest BCUT2D eigenvalue weighted by atomic mass is 19.1. The van der Waals surface area contributed by atoms with E-state index in [0.717, 1.165) is 5.69 Å². The van der Waals surface area contributed by atoms with Gasteiger partial charge in [-0.25, -0.2) is 8.78 Å². The van der Waals surface area contributed by atoms with Gasteiger partial charge in [-0.15, -0.1) is 0 Å². The Bertz CT molecular complexity index is 630. The molecule has 102 valence electrons. The molecule has 0 heterocycles. The summed E-state index contributed by atoms with van der Waals surface area (Å²) in [6, 6.07) is 12.3. The zero-order valence-electron chi connectivity index (χ0n) is 11.1. The minimum absolute atomic E-state index is 0.298. The molecular formula is C16H14F2N2. The van der Waals surface area contributed by atoms with Gasteiger partial charge in [0.1, 0.15) is 11.6 Å². The molecule has 0 atom stereocenters. The molecule has 2 aromatic carbocycles. The van der Waals surface area contributed by atoms with Crippen molar-refractivity contribution in [3.8, 4) is 6.07 Å². The molecule has 0 aromatic heterocycles. The first-order valence-corrected chi connectivity index (χ1v) is 6.33. The maximum Gasteiger partial charge on any atom is 0.123 e. The van der Waals surface area contributed by atoms with Gasteiger partial charge in [0.25, 0.3) is 0 Å². The number of rotatable bonds is 4. The summed E-state index contributed by atoms with van der Waals surface area (Å²) in [5.74, 6) is -0.664. The summed E-state index contributed by atoms with van der Waals surface area (Å²) in [5, 5.41) is 9.06. The third kappa shape index (κ3) is 3.12. The van der Waals surface area contributed by atoms with E-state index < -0.39 is 0 Å². The van der Waals surface area contributed by atoms with Crippen LogP contribution in [-0.2, 0) is 6.54 Å². The molecule has 0 unspecified atom stereocenters. The number of hydrogen-bond donors (Lipinski definition) is 0. The summed E-state index contributed by atoms with van der Waals surface area (Å²) >= 11 is 0. The molecule has 2 aromatic rings. The van der Waals surface area contributed by atoms with E-state index in [1.165, 1.54) is 30.3 Å². The number of benzene rings is 2. The summed E-state index contributed by atoms with van der Waals surface area (Å²) in [6.45, 7) is 3.03. The van der Waals surface area contributed by atoms with Crippen LogP contribution in [0.25, 0.3) is 0 Å². The Morgan fingerprint density at radius 1 is 1.05 bits per heavy atom. The van der Waals surface area contributed by atoms with Gasteiger partial charge in [0.2, 0.25) is 0 Å². The van der Waals surface area contributed by atoms with E-state index in [1.807, 2.05) is 11.8 Å². The molecule has 0 aliphatic heterocycles. The van der Waals surface area contributed by atoms with Gasteiger partial charge >= 0.3 is 0 Å². The summed E-state index contributed by atoms with van der Waals surface area (Å²) in [5.41, 5.74) is 1.91. The van der Waals surface area contributed by atoms with Crippen LogP contribution in [0.5, 0.6) is 0 Å². The van der Waals surface area contributed by atoms with Crippen molar-refractivity contribution in [2.24, 2.45) is 0 Å². The molecule has 0 aliphatic rings. The molecule has 0 aliphatic carbocycles. The molecule has 0 saturated carbocycles. The van der Waals surface area contributed by atoms with Gasteiger partial charge in [-0.3, -0.25) is 0 Å². The molecule has 0 N–H and O–H groups in total. The Labute approximate surface area is 116 Å². The van der Waals surface area contributed by atoms with Crippen molar-refractivity contribution in [3.05, 3.63) is 65.2 Å². The number of halogens is 2.